The minimum atomic E-state index is -0.381. The molecule has 2 atom stereocenters. The van der Waals surface area contributed by atoms with E-state index in [0.717, 1.165) is 19.4 Å². The quantitative estimate of drug-likeness (QED) is 0.508. The minimum absolute atomic E-state index is 0.208. The normalized spacial score (nSPS) is 22.5. The first-order valence-electron chi connectivity index (χ1n) is 6.32. The number of rotatable bonds is 8. The lowest BCUT2D eigenvalue weighted by molar-refractivity contribution is 0.00710. The maximum Gasteiger partial charge on any atom is 0.106 e. The summed E-state index contributed by atoms with van der Waals surface area (Å²) in [6, 6.07) is 0. The Morgan fingerprint density at radius 1 is 1.50 bits per heavy atom. The molecule has 3 heteroatoms. The molecule has 0 aliphatic carbocycles. The van der Waals surface area contributed by atoms with E-state index in [0.29, 0.717) is 0 Å². The molecule has 0 radical (unpaired) electrons. The van der Waals surface area contributed by atoms with Gasteiger partial charge in [-0.05, 0) is 32.6 Å². The summed E-state index contributed by atoms with van der Waals surface area (Å²) in [5.41, 5.74) is 0. The fourth-order valence-electron chi connectivity index (χ4n) is 2.08. The fraction of sp³-hybridized carbons (Fsp3) is 0.769. The predicted molar refractivity (Wildman–Crippen MR) is 68.6 cm³/mol. The van der Waals surface area contributed by atoms with Crippen LogP contribution in [-0.4, -0.2) is 35.2 Å². The molecular formula is C13H24N2O. The lowest BCUT2D eigenvalue weighted by Gasteiger charge is -2.25. The van der Waals surface area contributed by atoms with Gasteiger partial charge in [-0.25, -0.2) is 0 Å². The summed E-state index contributed by atoms with van der Waals surface area (Å²) in [5, 5.41) is 9.53. The van der Waals surface area contributed by atoms with Crippen LogP contribution in [0, 0.1) is 0 Å². The standard InChI is InChI=1S/C13H24N2O/c1-3-4-5-6-7-8-9-13-14-10-11-15(13)12(2)16/h3,10,12-13,16H,1,4-9,11H2,2H3. The van der Waals surface area contributed by atoms with Gasteiger partial charge in [-0.2, -0.15) is 0 Å². The second-order valence-corrected chi connectivity index (χ2v) is 4.42. The van der Waals surface area contributed by atoms with Gasteiger partial charge in [-0.15, -0.1) is 6.58 Å². The summed E-state index contributed by atoms with van der Waals surface area (Å²) in [4.78, 5) is 6.43. The van der Waals surface area contributed by atoms with Gasteiger partial charge in [0.15, 0.2) is 0 Å². The third-order valence-corrected chi connectivity index (χ3v) is 3.05. The van der Waals surface area contributed by atoms with Crippen LogP contribution in [0.3, 0.4) is 0 Å². The molecule has 0 saturated heterocycles. The monoisotopic (exact) mass is 224 g/mol. The Hall–Kier alpha value is -0.670. The number of aliphatic imine (C=N–C) groups is 1. The van der Waals surface area contributed by atoms with E-state index < -0.39 is 0 Å². The number of nitrogens with zero attached hydrogens (tertiary/aromatic N) is 2. The van der Waals surface area contributed by atoms with Gasteiger partial charge in [0, 0.05) is 12.8 Å². The Kier molecular flexibility index (Phi) is 6.34. The van der Waals surface area contributed by atoms with Gasteiger partial charge in [0.1, 0.15) is 12.4 Å². The van der Waals surface area contributed by atoms with E-state index in [1.165, 1.54) is 25.7 Å². The highest BCUT2D eigenvalue weighted by Crippen LogP contribution is 2.17. The van der Waals surface area contributed by atoms with Crippen molar-refractivity contribution in [1.29, 1.82) is 0 Å². The zero-order valence-electron chi connectivity index (χ0n) is 10.3. The third-order valence-electron chi connectivity index (χ3n) is 3.05. The van der Waals surface area contributed by atoms with Crippen molar-refractivity contribution in [2.24, 2.45) is 4.99 Å². The lowest BCUT2D eigenvalue weighted by atomic mass is 10.1. The highest BCUT2D eigenvalue weighted by molar-refractivity contribution is 5.62. The Labute approximate surface area is 98.9 Å². The largest absolute Gasteiger partial charge is 0.379 e. The molecule has 0 spiro atoms. The zero-order chi connectivity index (χ0) is 11.8. The topological polar surface area (TPSA) is 35.8 Å². The van der Waals surface area contributed by atoms with Gasteiger partial charge >= 0.3 is 0 Å². The van der Waals surface area contributed by atoms with Crippen molar-refractivity contribution < 1.29 is 5.11 Å². The molecule has 0 fully saturated rings. The van der Waals surface area contributed by atoms with E-state index in [-0.39, 0.29) is 12.4 Å². The number of allylic oxidation sites excluding steroid dienone is 1. The highest BCUT2D eigenvalue weighted by atomic mass is 16.3. The molecule has 1 heterocycles. The number of unbranched alkanes of at least 4 members (excludes halogenated alkanes) is 4. The predicted octanol–water partition coefficient (Wildman–Crippen LogP) is 2.56. The Balaban J connectivity index is 2.08. The molecule has 1 rings (SSSR count). The molecular weight excluding hydrogens is 200 g/mol. The van der Waals surface area contributed by atoms with Crippen LogP contribution in [0.25, 0.3) is 0 Å². The molecule has 3 nitrogen and oxygen atoms in total. The van der Waals surface area contributed by atoms with E-state index in [2.05, 4.69) is 11.6 Å². The summed E-state index contributed by atoms with van der Waals surface area (Å²) < 4.78 is 0. The van der Waals surface area contributed by atoms with Crippen molar-refractivity contribution in [1.82, 2.24) is 4.90 Å². The van der Waals surface area contributed by atoms with Crippen molar-refractivity contribution in [3.63, 3.8) is 0 Å². The summed E-state index contributed by atoms with van der Waals surface area (Å²) in [6.07, 6.45) is 10.9. The van der Waals surface area contributed by atoms with E-state index in [9.17, 15) is 5.11 Å². The van der Waals surface area contributed by atoms with Crippen LogP contribution in [0.2, 0.25) is 0 Å². The van der Waals surface area contributed by atoms with Crippen molar-refractivity contribution in [3.05, 3.63) is 12.7 Å². The van der Waals surface area contributed by atoms with Crippen molar-refractivity contribution in [2.75, 3.05) is 6.54 Å². The first kappa shape index (κ1) is 13.4. The second kappa shape index (κ2) is 7.58. The number of hydrogen-bond donors (Lipinski definition) is 1. The molecule has 1 aliphatic heterocycles. The molecule has 92 valence electrons. The van der Waals surface area contributed by atoms with Gasteiger partial charge < -0.3 is 5.11 Å². The van der Waals surface area contributed by atoms with Crippen LogP contribution in [0.4, 0.5) is 0 Å². The van der Waals surface area contributed by atoms with Crippen LogP contribution in [-0.2, 0) is 0 Å². The maximum atomic E-state index is 9.53. The molecule has 0 aromatic heterocycles. The minimum Gasteiger partial charge on any atom is -0.379 e. The Morgan fingerprint density at radius 2 is 2.25 bits per heavy atom. The van der Waals surface area contributed by atoms with E-state index in [1.807, 2.05) is 24.1 Å². The van der Waals surface area contributed by atoms with Gasteiger partial charge in [0.05, 0.1) is 0 Å². The first-order chi connectivity index (χ1) is 7.75. The lowest BCUT2D eigenvalue weighted by Crippen LogP contribution is -2.37. The number of aliphatic hydroxyl groups is 1. The summed E-state index contributed by atoms with van der Waals surface area (Å²) >= 11 is 0. The van der Waals surface area contributed by atoms with Crippen LogP contribution < -0.4 is 0 Å². The van der Waals surface area contributed by atoms with Crippen LogP contribution >= 0.6 is 0 Å². The summed E-state index contributed by atoms with van der Waals surface area (Å²) in [5.74, 6) is 0. The molecule has 0 aromatic rings. The molecule has 2 unspecified atom stereocenters. The Bertz CT molecular complexity index is 226. The van der Waals surface area contributed by atoms with Crippen molar-refractivity contribution in [2.45, 2.75) is 57.8 Å². The summed E-state index contributed by atoms with van der Waals surface area (Å²) in [6.45, 7) is 6.32. The molecule has 1 N–H and O–H groups in total. The van der Waals surface area contributed by atoms with Gasteiger partial charge in [-0.3, -0.25) is 9.89 Å². The summed E-state index contributed by atoms with van der Waals surface area (Å²) in [7, 11) is 0. The average molecular weight is 224 g/mol. The molecule has 0 saturated carbocycles. The second-order valence-electron chi connectivity index (χ2n) is 4.42. The Morgan fingerprint density at radius 3 is 2.94 bits per heavy atom. The highest BCUT2D eigenvalue weighted by Gasteiger charge is 2.23. The van der Waals surface area contributed by atoms with Crippen molar-refractivity contribution >= 4 is 6.21 Å². The van der Waals surface area contributed by atoms with Crippen LogP contribution in [0.5, 0.6) is 0 Å². The SMILES string of the molecule is C=CCCCCCCC1N=CCN1C(C)O. The van der Waals surface area contributed by atoms with Gasteiger partial charge in [-0.1, -0.05) is 18.9 Å². The fourth-order valence-corrected chi connectivity index (χ4v) is 2.08. The van der Waals surface area contributed by atoms with Crippen LogP contribution in [0.1, 0.15) is 45.4 Å². The number of aliphatic hydroxyl groups excluding tert-OH is 1. The van der Waals surface area contributed by atoms with E-state index in [1.54, 1.807) is 0 Å². The first-order valence-corrected chi connectivity index (χ1v) is 6.32. The number of hydrogen-bond acceptors (Lipinski definition) is 3. The average Bonchev–Trinajstić information content (AvgIpc) is 2.71. The molecule has 0 bridgehead atoms. The molecule has 0 amide bonds. The maximum absolute atomic E-state index is 9.53. The molecule has 16 heavy (non-hydrogen) atoms. The van der Waals surface area contributed by atoms with Gasteiger partial charge in [0.2, 0.25) is 0 Å². The van der Waals surface area contributed by atoms with E-state index >= 15 is 0 Å². The van der Waals surface area contributed by atoms with E-state index in [4.69, 9.17) is 0 Å². The third kappa shape index (κ3) is 4.45. The smallest absolute Gasteiger partial charge is 0.106 e. The molecule has 1 aliphatic rings. The van der Waals surface area contributed by atoms with Crippen LogP contribution in [0.15, 0.2) is 17.6 Å². The van der Waals surface area contributed by atoms with Gasteiger partial charge in [0.25, 0.3) is 0 Å². The van der Waals surface area contributed by atoms with Crippen molar-refractivity contribution in [3.8, 4) is 0 Å². The molecule has 0 aromatic carbocycles. The zero-order valence-corrected chi connectivity index (χ0v) is 10.3.